The van der Waals surface area contributed by atoms with Crippen molar-refractivity contribution in [3.05, 3.63) is 72.7 Å². The van der Waals surface area contributed by atoms with Crippen LogP contribution in [0.4, 0.5) is 0 Å². The van der Waals surface area contributed by atoms with Crippen LogP contribution < -0.4 is 10.4 Å². The fourth-order valence-electron chi connectivity index (χ4n) is 5.04. The van der Waals surface area contributed by atoms with Crippen molar-refractivity contribution >= 4 is 25.6 Å². The van der Waals surface area contributed by atoms with E-state index in [0.29, 0.717) is 5.54 Å². The van der Waals surface area contributed by atoms with Gasteiger partial charge in [-0.2, -0.15) is 0 Å². The third-order valence-electron chi connectivity index (χ3n) is 8.06. The van der Waals surface area contributed by atoms with Crippen LogP contribution in [0.5, 0.6) is 0 Å². The third-order valence-corrected chi connectivity index (χ3v) is 13.3. The first-order valence-electron chi connectivity index (χ1n) is 12.8. The van der Waals surface area contributed by atoms with Gasteiger partial charge in [-0.3, -0.25) is 0 Å². The SMILES string of the molecule is C=C(C[C@H](CCCCCC)[Si](C)(c1ccccc1)c1ccccc1)B1OC(C)(C)C(C)(C)O1. The van der Waals surface area contributed by atoms with E-state index in [1.54, 1.807) is 0 Å². The zero-order chi connectivity index (χ0) is 24.1. The fourth-order valence-corrected chi connectivity index (χ4v) is 9.54. The van der Waals surface area contributed by atoms with Crippen LogP contribution in [0.25, 0.3) is 0 Å². The lowest BCUT2D eigenvalue weighted by Crippen LogP contribution is -2.59. The van der Waals surface area contributed by atoms with Gasteiger partial charge < -0.3 is 9.31 Å². The summed E-state index contributed by atoms with van der Waals surface area (Å²) in [5.74, 6) is 0. The van der Waals surface area contributed by atoms with Gasteiger partial charge in [0.25, 0.3) is 0 Å². The predicted molar refractivity (Wildman–Crippen MR) is 146 cm³/mol. The molecule has 3 rings (SSSR count). The van der Waals surface area contributed by atoms with Crippen LogP contribution in [0.15, 0.2) is 72.7 Å². The summed E-state index contributed by atoms with van der Waals surface area (Å²) in [6.07, 6.45) is 7.28. The molecule has 1 aliphatic heterocycles. The molecule has 0 amide bonds. The Morgan fingerprint density at radius 2 is 1.33 bits per heavy atom. The van der Waals surface area contributed by atoms with E-state index < -0.39 is 8.07 Å². The first-order valence-corrected chi connectivity index (χ1v) is 15.3. The molecule has 2 aromatic rings. The molecule has 2 nitrogen and oxygen atoms in total. The second kappa shape index (κ2) is 10.8. The third kappa shape index (κ3) is 5.73. The van der Waals surface area contributed by atoms with Crippen LogP contribution in [0.2, 0.25) is 12.1 Å². The maximum absolute atomic E-state index is 6.39. The number of hydrogen-bond donors (Lipinski definition) is 0. The van der Waals surface area contributed by atoms with E-state index in [9.17, 15) is 0 Å². The monoisotopic (exact) mass is 462 g/mol. The highest BCUT2D eigenvalue weighted by atomic mass is 28.3. The molecule has 0 aromatic heterocycles. The summed E-state index contributed by atoms with van der Waals surface area (Å²) in [6, 6.07) is 22.4. The van der Waals surface area contributed by atoms with Crippen molar-refractivity contribution in [3.63, 3.8) is 0 Å². The van der Waals surface area contributed by atoms with E-state index >= 15 is 0 Å². The Labute approximate surface area is 203 Å². The van der Waals surface area contributed by atoms with Crippen molar-refractivity contribution in [1.29, 1.82) is 0 Å². The summed E-state index contributed by atoms with van der Waals surface area (Å²) in [7, 11) is -2.38. The van der Waals surface area contributed by atoms with Crippen molar-refractivity contribution in [2.45, 2.75) is 96.4 Å². The Balaban J connectivity index is 1.94. The first kappa shape index (κ1) is 26.0. The van der Waals surface area contributed by atoms with Crippen LogP contribution in [-0.4, -0.2) is 26.4 Å². The molecule has 0 N–H and O–H groups in total. The van der Waals surface area contributed by atoms with Gasteiger partial charge >= 0.3 is 7.12 Å². The Bertz CT molecular complexity index is 839. The maximum atomic E-state index is 6.39. The standard InChI is InChI=1S/C29H43BO2Si/c1-8-9-10-13-22-27(23-24(2)30-31-28(3,4)29(5,6)32-30)33(7,25-18-14-11-15-19-25)26-20-16-12-17-21-26/h11-12,14-21,27H,2,8-10,13,22-23H2,1,3-7H3/t27-/m0/s1. The van der Waals surface area contributed by atoms with Crippen LogP contribution in [0.3, 0.4) is 0 Å². The number of unbranched alkanes of at least 4 members (excludes halogenated alkanes) is 3. The predicted octanol–water partition coefficient (Wildman–Crippen LogP) is 6.80. The second-order valence-electron chi connectivity index (χ2n) is 10.9. The molecule has 33 heavy (non-hydrogen) atoms. The van der Waals surface area contributed by atoms with Gasteiger partial charge in [0.15, 0.2) is 0 Å². The molecule has 4 heteroatoms. The van der Waals surface area contributed by atoms with Crippen LogP contribution in [-0.2, 0) is 9.31 Å². The molecule has 1 atom stereocenters. The average Bonchev–Trinajstić information content (AvgIpc) is 3.03. The normalized spacial score (nSPS) is 18.3. The molecule has 0 saturated carbocycles. The number of benzene rings is 2. The second-order valence-corrected chi connectivity index (χ2v) is 15.3. The van der Waals surface area contributed by atoms with Gasteiger partial charge in [0, 0.05) is 0 Å². The highest BCUT2D eigenvalue weighted by Gasteiger charge is 2.52. The summed E-state index contributed by atoms with van der Waals surface area (Å²) >= 11 is 0. The molecule has 0 bridgehead atoms. The highest BCUT2D eigenvalue weighted by Crippen LogP contribution is 2.41. The minimum Gasteiger partial charge on any atom is -0.400 e. The molecule has 1 aliphatic rings. The lowest BCUT2D eigenvalue weighted by molar-refractivity contribution is 0.00578. The summed E-state index contributed by atoms with van der Waals surface area (Å²) in [4.78, 5) is 0. The molecule has 2 aromatic carbocycles. The van der Waals surface area contributed by atoms with E-state index in [1.165, 1.54) is 42.5 Å². The number of hydrogen-bond acceptors (Lipinski definition) is 2. The van der Waals surface area contributed by atoms with Crippen molar-refractivity contribution < 1.29 is 9.31 Å². The van der Waals surface area contributed by atoms with E-state index in [2.05, 4.69) is 108 Å². The van der Waals surface area contributed by atoms with E-state index in [1.807, 2.05) is 0 Å². The Kier molecular flexibility index (Phi) is 8.47. The zero-order valence-corrected chi connectivity index (χ0v) is 22.7. The fraction of sp³-hybridized carbons (Fsp3) is 0.517. The van der Waals surface area contributed by atoms with E-state index in [4.69, 9.17) is 9.31 Å². The van der Waals surface area contributed by atoms with Crippen molar-refractivity contribution in [3.8, 4) is 0 Å². The topological polar surface area (TPSA) is 18.5 Å². The molecule has 1 saturated heterocycles. The Morgan fingerprint density at radius 1 is 0.848 bits per heavy atom. The molecular formula is C29H43BO2Si. The van der Waals surface area contributed by atoms with Gasteiger partial charge in [0.2, 0.25) is 0 Å². The first-order chi connectivity index (χ1) is 15.6. The molecule has 0 unspecified atom stereocenters. The molecule has 0 aliphatic carbocycles. The summed E-state index contributed by atoms with van der Waals surface area (Å²) in [6.45, 7) is 17.8. The molecular weight excluding hydrogens is 419 g/mol. The van der Waals surface area contributed by atoms with Crippen LogP contribution >= 0.6 is 0 Å². The average molecular weight is 463 g/mol. The van der Waals surface area contributed by atoms with Gasteiger partial charge in [-0.1, -0.05) is 117 Å². The van der Waals surface area contributed by atoms with Gasteiger partial charge in [-0.25, -0.2) is 0 Å². The molecule has 0 radical (unpaired) electrons. The zero-order valence-electron chi connectivity index (χ0n) is 21.7. The molecule has 1 heterocycles. The van der Waals surface area contributed by atoms with Crippen molar-refractivity contribution in [1.82, 2.24) is 0 Å². The maximum Gasteiger partial charge on any atom is 0.489 e. The summed E-state index contributed by atoms with van der Waals surface area (Å²) < 4.78 is 12.8. The van der Waals surface area contributed by atoms with Crippen molar-refractivity contribution in [2.75, 3.05) is 0 Å². The smallest absolute Gasteiger partial charge is 0.400 e. The number of rotatable bonds is 11. The van der Waals surface area contributed by atoms with Crippen LogP contribution in [0.1, 0.15) is 73.1 Å². The Morgan fingerprint density at radius 3 is 1.79 bits per heavy atom. The van der Waals surface area contributed by atoms with E-state index in [0.717, 1.165) is 11.9 Å². The van der Waals surface area contributed by atoms with Crippen molar-refractivity contribution in [2.24, 2.45) is 0 Å². The number of allylic oxidation sites excluding steroid dienone is 1. The van der Waals surface area contributed by atoms with E-state index in [-0.39, 0.29) is 18.3 Å². The lowest BCUT2D eigenvalue weighted by Gasteiger charge is -2.38. The molecule has 0 spiro atoms. The Hall–Kier alpha value is -1.62. The van der Waals surface area contributed by atoms with Gasteiger partial charge in [-0.05, 0) is 45.1 Å². The molecule has 1 fully saturated rings. The lowest BCUT2D eigenvalue weighted by atomic mass is 9.76. The van der Waals surface area contributed by atoms with Gasteiger partial charge in [0.05, 0.1) is 11.2 Å². The highest BCUT2D eigenvalue weighted by molar-refractivity contribution is 7.02. The van der Waals surface area contributed by atoms with Crippen LogP contribution in [0, 0.1) is 0 Å². The summed E-state index contributed by atoms with van der Waals surface area (Å²) in [5, 5.41) is 3.00. The quantitative estimate of drug-likeness (QED) is 0.270. The summed E-state index contributed by atoms with van der Waals surface area (Å²) in [5.41, 5.74) is 0.943. The van der Waals surface area contributed by atoms with Gasteiger partial charge in [0.1, 0.15) is 8.07 Å². The van der Waals surface area contributed by atoms with Gasteiger partial charge in [-0.15, -0.1) is 6.58 Å². The molecule has 178 valence electrons. The largest absolute Gasteiger partial charge is 0.489 e. The minimum atomic E-state index is -2.05. The minimum absolute atomic E-state index is 0.335.